The molecule has 0 bridgehead atoms. The van der Waals surface area contributed by atoms with Crippen molar-refractivity contribution in [3.05, 3.63) is 0 Å². The van der Waals surface area contributed by atoms with Gasteiger partial charge in [-0.25, -0.2) is 0 Å². The maximum absolute atomic E-state index is 10.9. The summed E-state index contributed by atoms with van der Waals surface area (Å²) in [6.07, 6.45) is 0.248. The third-order valence-electron chi connectivity index (χ3n) is 1.42. The Bertz CT molecular complexity index is 291. The Morgan fingerprint density at radius 3 is 2.36 bits per heavy atom. The van der Waals surface area contributed by atoms with Crippen LogP contribution < -0.4 is 0 Å². The number of aliphatic hydroxyl groups is 2. The maximum atomic E-state index is 10.9. The molecular weight excluding hydrogens is 212 g/mol. The van der Waals surface area contributed by atoms with Crippen molar-refractivity contribution in [1.29, 1.82) is 0 Å². The van der Waals surface area contributed by atoms with Crippen molar-refractivity contribution in [2.45, 2.75) is 25.4 Å². The third-order valence-corrected chi connectivity index (χ3v) is 1.91. The molecule has 0 aromatic rings. The van der Waals surface area contributed by atoms with Gasteiger partial charge in [0.2, 0.25) is 0 Å². The van der Waals surface area contributed by atoms with Gasteiger partial charge >= 0.3 is 16.1 Å². The van der Waals surface area contributed by atoms with Crippen LogP contribution in [-0.2, 0) is 19.1 Å². The number of hydrogen-bond acceptors (Lipinski definition) is 6. The summed E-state index contributed by atoms with van der Waals surface area (Å²) in [5, 5.41) is 17.9. The zero-order chi connectivity index (χ0) is 11.4. The lowest BCUT2D eigenvalue weighted by atomic mass is 9.99. The van der Waals surface area contributed by atoms with Gasteiger partial charge in [0.15, 0.2) is 0 Å². The molecule has 0 radical (unpaired) electrons. The van der Waals surface area contributed by atoms with Crippen molar-refractivity contribution in [1.82, 2.24) is 0 Å². The minimum atomic E-state index is -3.83. The van der Waals surface area contributed by atoms with Crippen LogP contribution >= 0.6 is 0 Å². The Balaban J connectivity index is 4.19. The van der Waals surface area contributed by atoms with Crippen molar-refractivity contribution in [2.75, 3.05) is 12.9 Å². The fourth-order valence-corrected chi connectivity index (χ4v) is 1.24. The third kappa shape index (κ3) is 6.81. The van der Waals surface area contributed by atoms with Crippen LogP contribution in [0.4, 0.5) is 0 Å². The van der Waals surface area contributed by atoms with E-state index in [0.29, 0.717) is 0 Å². The molecule has 0 aliphatic heterocycles. The molecule has 6 nitrogen and oxygen atoms in total. The van der Waals surface area contributed by atoms with Gasteiger partial charge in [0.05, 0.1) is 18.3 Å². The van der Waals surface area contributed by atoms with Crippen LogP contribution in [0.2, 0.25) is 0 Å². The summed E-state index contributed by atoms with van der Waals surface area (Å²) in [7, 11) is -3.83. The van der Waals surface area contributed by atoms with E-state index in [4.69, 9.17) is 5.11 Å². The van der Waals surface area contributed by atoms with E-state index in [0.717, 1.165) is 6.26 Å². The van der Waals surface area contributed by atoms with Crippen molar-refractivity contribution in [3.8, 4) is 0 Å². The first kappa shape index (κ1) is 13.3. The van der Waals surface area contributed by atoms with Gasteiger partial charge in [-0.15, -0.1) is 0 Å². The molecule has 84 valence electrons. The topological polar surface area (TPSA) is 101 Å². The molecular formula is C7H14O6S. The molecule has 0 aliphatic carbocycles. The van der Waals surface area contributed by atoms with Gasteiger partial charge in [-0.3, -0.25) is 4.79 Å². The minimum absolute atomic E-state index is 0.0220. The van der Waals surface area contributed by atoms with Crippen molar-refractivity contribution in [2.24, 2.45) is 0 Å². The summed E-state index contributed by atoms with van der Waals surface area (Å²) in [6, 6.07) is 0. The van der Waals surface area contributed by atoms with Gasteiger partial charge in [0, 0.05) is 6.61 Å². The van der Waals surface area contributed by atoms with Crippen LogP contribution in [0.15, 0.2) is 0 Å². The molecule has 0 unspecified atom stereocenters. The van der Waals surface area contributed by atoms with E-state index in [1.54, 1.807) is 0 Å². The Morgan fingerprint density at radius 2 is 2.00 bits per heavy atom. The lowest BCUT2D eigenvalue weighted by Crippen LogP contribution is -2.30. The first-order valence-electron chi connectivity index (χ1n) is 3.92. The monoisotopic (exact) mass is 226 g/mol. The molecule has 0 fully saturated rings. The molecule has 2 N–H and O–H groups in total. The molecule has 0 amide bonds. The zero-order valence-electron chi connectivity index (χ0n) is 8.06. The first-order valence-corrected chi connectivity index (χ1v) is 5.73. The fourth-order valence-electron chi connectivity index (χ4n) is 0.838. The molecule has 0 aromatic carbocycles. The average Bonchev–Trinajstić information content (AvgIpc) is 1.78. The van der Waals surface area contributed by atoms with Crippen LogP contribution in [0.3, 0.4) is 0 Å². The number of carbonyl (C=O) groups is 1. The van der Waals surface area contributed by atoms with Crippen LogP contribution in [-0.4, -0.2) is 43.1 Å². The lowest BCUT2D eigenvalue weighted by molar-refractivity contribution is -0.139. The molecule has 7 heteroatoms. The van der Waals surface area contributed by atoms with Gasteiger partial charge in [-0.05, 0) is 13.3 Å². The van der Waals surface area contributed by atoms with Crippen molar-refractivity contribution < 1.29 is 27.6 Å². The van der Waals surface area contributed by atoms with Crippen molar-refractivity contribution >= 4 is 16.1 Å². The van der Waals surface area contributed by atoms with E-state index in [9.17, 15) is 18.3 Å². The van der Waals surface area contributed by atoms with Gasteiger partial charge in [0.1, 0.15) is 0 Å². The van der Waals surface area contributed by atoms with Gasteiger partial charge in [0.25, 0.3) is 0 Å². The second-order valence-electron chi connectivity index (χ2n) is 3.31. The summed E-state index contributed by atoms with van der Waals surface area (Å²) in [6.45, 7) is 1.02. The molecule has 0 aliphatic rings. The summed E-state index contributed by atoms with van der Waals surface area (Å²) in [5.41, 5.74) is -1.45. The Kier molecular flexibility index (Phi) is 4.50. The number of hydrogen-bond donors (Lipinski definition) is 2. The van der Waals surface area contributed by atoms with Crippen LogP contribution in [0.25, 0.3) is 0 Å². The lowest BCUT2D eigenvalue weighted by Gasteiger charge is -2.20. The summed E-state index contributed by atoms with van der Waals surface area (Å²) in [4.78, 5) is 10.9. The van der Waals surface area contributed by atoms with E-state index in [1.807, 2.05) is 0 Å². The Morgan fingerprint density at radius 1 is 1.50 bits per heavy atom. The second-order valence-corrected chi connectivity index (χ2v) is 4.88. The first-order chi connectivity index (χ1) is 6.16. The van der Waals surface area contributed by atoms with Crippen LogP contribution in [0, 0.1) is 0 Å². The Hall–Kier alpha value is -0.660. The quantitative estimate of drug-likeness (QED) is 0.584. The predicted molar refractivity (Wildman–Crippen MR) is 47.9 cm³/mol. The zero-order valence-corrected chi connectivity index (χ0v) is 8.87. The highest BCUT2D eigenvalue weighted by Crippen LogP contribution is 2.14. The van der Waals surface area contributed by atoms with E-state index < -0.39 is 28.1 Å². The maximum Gasteiger partial charge on any atom is 0.324 e. The molecule has 0 rings (SSSR count). The van der Waals surface area contributed by atoms with Crippen LogP contribution in [0.5, 0.6) is 0 Å². The highest BCUT2D eigenvalue weighted by molar-refractivity contribution is 7.86. The standard InChI is InChI=1S/C7H14O6S/c1-7(10,3-4-8)5-6(9)13-14(2,11)12/h8,10H,3-5H2,1-2H3/t7-/m1/s1. The Labute approximate surface area is 82.6 Å². The van der Waals surface area contributed by atoms with Crippen molar-refractivity contribution in [3.63, 3.8) is 0 Å². The summed E-state index contributed by atoms with van der Waals surface area (Å²) in [5.74, 6) is -1.04. The normalized spacial score (nSPS) is 16.0. The smallest absolute Gasteiger partial charge is 0.324 e. The number of aliphatic hydroxyl groups excluding tert-OH is 1. The highest BCUT2D eigenvalue weighted by Gasteiger charge is 2.26. The molecule has 0 spiro atoms. The fraction of sp³-hybridized carbons (Fsp3) is 0.857. The van der Waals surface area contributed by atoms with E-state index >= 15 is 0 Å². The summed E-state index contributed by atoms with van der Waals surface area (Å²) >= 11 is 0. The molecule has 0 heterocycles. The largest absolute Gasteiger partial charge is 0.396 e. The SMILES string of the molecule is C[C@@](O)(CCO)CC(=O)OS(C)(=O)=O. The molecule has 1 atom stereocenters. The summed E-state index contributed by atoms with van der Waals surface area (Å²) < 4.78 is 25.0. The molecule has 0 saturated heterocycles. The van der Waals surface area contributed by atoms with Gasteiger partial charge < -0.3 is 14.4 Å². The molecule has 0 aromatic heterocycles. The van der Waals surface area contributed by atoms with Gasteiger partial charge in [-0.1, -0.05) is 0 Å². The van der Waals surface area contributed by atoms with E-state index in [1.165, 1.54) is 6.92 Å². The number of rotatable bonds is 5. The van der Waals surface area contributed by atoms with Gasteiger partial charge in [-0.2, -0.15) is 8.42 Å². The predicted octanol–water partition coefficient (Wildman–Crippen LogP) is -0.987. The number of carbonyl (C=O) groups excluding carboxylic acids is 1. The van der Waals surface area contributed by atoms with E-state index in [-0.39, 0.29) is 13.0 Å². The van der Waals surface area contributed by atoms with Crippen LogP contribution in [0.1, 0.15) is 19.8 Å². The second kappa shape index (κ2) is 4.72. The highest BCUT2D eigenvalue weighted by atomic mass is 32.2. The molecule has 14 heavy (non-hydrogen) atoms. The molecule has 0 saturated carbocycles. The van der Waals surface area contributed by atoms with E-state index in [2.05, 4.69) is 4.18 Å². The minimum Gasteiger partial charge on any atom is -0.396 e. The average molecular weight is 226 g/mol.